The van der Waals surface area contributed by atoms with Crippen molar-refractivity contribution in [1.82, 2.24) is 9.21 Å². The molecule has 0 bridgehead atoms. The molecule has 0 amide bonds. The van der Waals surface area contributed by atoms with Gasteiger partial charge in [-0.1, -0.05) is 0 Å². The van der Waals surface area contributed by atoms with Gasteiger partial charge >= 0.3 is 0 Å². The molecule has 1 saturated heterocycles. The first-order valence-electron chi connectivity index (χ1n) is 6.39. The third-order valence-corrected chi connectivity index (χ3v) is 5.24. The van der Waals surface area contributed by atoms with E-state index in [0.717, 1.165) is 12.1 Å². The Bertz CT molecular complexity index is 587. The molecule has 5 nitrogen and oxygen atoms in total. The van der Waals surface area contributed by atoms with Gasteiger partial charge in [-0.05, 0) is 24.3 Å². The molecule has 0 N–H and O–H groups in total. The van der Waals surface area contributed by atoms with Crippen LogP contribution in [0, 0.1) is 17.1 Å². The fraction of sp³-hybridized carbons (Fsp3) is 0.462. The van der Waals surface area contributed by atoms with Crippen LogP contribution in [0.5, 0.6) is 0 Å². The highest BCUT2D eigenvalue weighted by Gasteiger charge is 2.28. The first-order chi connectivity index (χ1) is 9.54. The average molecular weight is 297 g/mol. The molecule has 20 heavy (non-hydrogen) atoms. The minimum atomic E-state index is -3.55. The summed E-state index contributed by atoms with van der Waals surface area (Å²) < 4.78 is 39.0. The zero-order chi connectivity index (χ0) is 14.6. The lowest BCUT2D eigenvalue weighted by atomic mass is 10.3. The van der Waals surface area contributed by atoms with Crippen LogP contribution in [0.2, 0.25) is 0 Å². The maximum Gasteiger partial charge on any atom is 0.243 e. The molecule has 0 aromatic heterocycles. The van der Waals surface area contributed by atoms with Gasteiger partial charge in [0.1, 0.15) is 5.82 Å². The zero-order valence-electron chi connectivity index (χ0n) is 11.0. The fourth-order valence-electron chi connectivity index (χ4n) is 2.16. The fourth-order valence-corrected chi connectivity index (χ4v) is 3.58. The van der Waals surface area contributed by atoms with Crippen LogP contribution in [0.25, 0.3) is 0 Å². The number of nitriles is 1. The second-order valence-corrected chi connectivity index (χ2v) is 6.55. The monoisotopic (exact) mass is 297 g/mol. The van der Waals surface area contributed by atoms with Gasteiger partial charge in [-0.15, -0.1) is 0 Å². The summed E-state index contributed by atoms with van der Waals surface area (Å²) in [4.78, 5) is 2.18. The standard InChI is InChI=1S/C13H16FN3O2S/c14-12-2-4-13(5-3-12)20(18,19)17-10-8-16(9-11-17)7-1-6-15/h2-5H,1,7-11H2. The number of piperazine rings is 1. The van der Waals surface area contributed by atoms with Gasteiger partial charge in [-0.3, -0.25) is 4.90 Å². The van der Waals surface area contributed by atoms with Crippen LogP contribution in [0.3, 0.4) is 0 Å². The van der Waals surface area contributed by atoms with Crippen LogP contribution >= 0.6 is 0 Å². The molecule has 1 aromatic rings. The predicted molar refractivity (Wildman–Crippen MR) is 71.8 cm³/mol. The third-order valence-electron chi connectivity index (χ3n) is 3.32. The second-order valence-electron chi connectivity index (χ2n) is 4.61. The van der Waals surface area contributed by atoms with Crippen molar-refractivity contribution in [2.45, 2.75) is 11.3 Å². The number of rotatable bonds is 4. The van der Waals surface area contributed by atoms with Gasteiger partial charge in [-0.2, -0.15) is 9.57 Å². The summed E-state index contributed by atoms with van der Waals surface area (Å²) in [7, 11) is -3.55. The molecule has 0 saturated carbocycles. The maximum absolute atomic E-state index is 12.8. The number of hydrogen-bond donors (Lipinski definition) is 0. The van der Waals surface area contributed by atoms with E-state index in [-0.39, 0.29) is 4.90 Å². The van der Waals surface area contributed by atoms with E-state index in [4.69, 9.17) is 5.26 Å². The van der Waals surface area contributed by atoms with Gasteiger partial charge in [0, 0.05) is 39.1 Å². The molecule has 0 unspecified atom stereocenters. The predicted octanol–water partition coefficient (Wildman–Crippen LogP) is 1.05. The lowest BCUT2D eigenvalue weighted by Crippen LogP contribution is -2.48. The van der Waals surface area contributed by atoms with Crippen molar-refractivity contribution >= 4 is 10.0 Å². The summed E-state index contributed by atoms with van der Waals surface area (Å²) >= 11 is 0. The Labute approximate surface area is 118 Å². The molecule has 7 heteroatoms. The molecule has 1 heterocycles. The Kier molecular flexibility index (Phi) is 4.70. The van der Waals surface area contributed by atoms with Crippen molar-refractivity contribution < 1.29 is 12.8 Å². The number of benzene rings is 1. The third kappa shape index (κ3) is 3.33. The summed E-state index contributed by atoms with van der Waals surface area (Å²) in [6, 6.07) is 6.95. The molecule has 0 radical (unpaired) electrons. The quantitative estimate of drug-likeness (QED) is 0.833. The van der Waals surface area contributed by atoms with E-state index in [2.05, 4.69) is 11.0 Å². The summed E-state index contributed by atoms with van der Waals surface area (Å²) in [5.41, 5.74) is 0. The molecular weight excluding hydrogens is 281 g/mol. The topological polar surface area (TPSA) is 64.4 Å². The molecular formula is C13H16FN3O2S. The number of sulfonamides is 1. The zero-order valence-corrected chi connectivity index (χ0v) is 11.8. The van der Waals surface area contributed by atoms with Crippen molar-refractivity contribution in [3.63, 3.8) is 0 Å². The van der Waals surface area contributed by atoms with Crippen LogP contribution in [0.1, 0.15) is 6.42 Å². The van der Waals surface area contributed by atoms with Crippen molar-refractivity contribution in [3.8, 4) is 6.07 Å². The largest absolute Gasteiger partial charge is 0.300 e. The smallest absolute Gasteiger partial charge is 0.243 e. The molecule has 1 aliphatic rings. The van der Waals surface area contributed by atoms with Crippen LogP contribution in [0.4, 0.5) is 4.39 Å². The van der Waals surface area contributed by atoms with E-state index >= 15 is 0 Å². The molecule has 0 spiro atoms. The first-order valence-corrected chi connectivity index (χ1v) is 7.83. The number of nitrogens with zero attached hydrogens (tertiary/aromatic N) is 3. The van der Waals surface area contributed by atoms with Gasteiger partial charge < -0.3 is 0 Å². The van der Waals surface area contributed by atoms with Crippen molar-refractivity contribution in [3.05, 3.63) is 30.1 Å². The highest BCUT2D eigenvalue weighted by molar-refractivity contribution is 7.89. The minimum absolute atomic E-state index is 0.115. The Morgan fingerprint density at radius 2 is 1.75 bits per heavy atom. The van der Waals surface area contributed by atoms with Crippen molar-refractivity contribution in [2.75, 3.05) is 32.7 Å². The molecule has 1 aromatic carbocycles. The van der Waals surface area contributed by atoms with Gasteiger partial charge in [0.15, 0.2) is 0 Å². The van der Waals surface area contributed by atoms with Crippen LogP contribution < -0.4 is 0 Å². The molecule has 0 aliphatic carbocycles. The molecule has 1 aliphatic heterocycles. The van der Waals surface area contributed by atoms with Gasteiger partial charge in [0.2, 0.25) is 10.0 Å². The van der Waals surface area contributed by atoms with E-state index < -0.39 is 15.8 Å². The first kappa shape index (κ1) is 14.9. The highest BCUT2D eigenvalue weighted by Crippen LogP contribution is 2.18. The SMILES string of the molecule is N#CCCN1CCN(S(=O)(=O)c2ccc(F)cc2)CC1. The molecule has 1 fully saturated rings. The van der Waals surface area contributed by atoms with E-state index in [1.165, 1.54) is 16.4 Å². The average Bonchev–Trinajstić information content (AvgIpc) is 2.46. The highest BCUT2D eigenvalue weighted by atomic mass is 32.2. The van der Waals surface area contributed by atoms with E-state index in [9.17, 15) is 12.8 Å². The molecule has 108 valence electrons. The summed E-state index contributed by atoms with van der Waals surface area (Å²) in [6.07, 6.45) is 0.449. The Hall–Kier alpha value is -1.49. The number of hydrogen-bond acceptors (Lipinski definition) is 4. The van der Waals surface area contributed by atoms with E-state index in [0.29, 0.717) is 39.1 Å². The van der Waals surface area contributed by atoms with E-state index in [1.54, 1.807) is 0 Å². The van der Waals surface area contributed by atoms with Gasteiger partial charge in [0.25, 0.3) is 0 Å². The van der Waals surface area contributed by atoms with Crippen molar-refractivity contribution in [1.29, 1.82) is 5.26 Å². The second kappa shape index (κ2) is 6.31. The molecule has 0 atom stereocenters. The van der Waals surface area contributed by atoms with E-state index in [1.807, 2.05) is 0 Å². The molecule has 2 rings (SSSR count). The van der Waals surface area contributed by atoms with Gasteiger partial charge in [0.05, 0.1) is 11.0 Å². The summed E-state index contributed by atoms with van der Waals surface area (Å²) in [6.45, 7) is 2.68. The summed E-state index contributed by atoms with van der Waals surface area (Å²) in [5, 5.41) is 8.54. The van der Waals surface area contributed by atoms with Crippen molar-refractivity contribution in [2.24, 2.45) is 0 Å². The Balaban J connectivity index is 2.02. The maximum atomic E-state index is 12.8. The minimum Gasteiger partial charge on any atom is -0.300 e. The summed E-state index contributed by atoms with van der Waals surface area (Å²) in [5.74, 6) is -0.453. The van der Waals surface area contributed by atoms with Crippen LogP contribution in [0.15, 0.2) is 29.2 Å². The Morgan fingerprint density at radius 1 is 1.15 bits per heavy atom. The van der Waals surface area contributed by atoms with Gasteiger partial charge in [-0.25, -0.2) is 12.8 Å². The Morgan fingerprint density at radius 3 is 2.30 bits per heavy atom. The lowest BCUT2D eigenvalue weighted by Gasteiger charge is -2.33. The van der Waals surface area contributed by atoms with Crippen LogP contribution in [-0.2, 0) is 10.0 Å². The number of halogens is 1. The lowest BCUT2D eigenvalue weighted by molar-refractivity contribution is 0.191. The van der Waals surface area contributed by atoms with Crippen LogP contribution in [-0.4, -0.2) is 50.3 Å². The normalized spacial score (nSPS) is 17.8.